The second-order valence-electron chi connectivity index (χ2n) is 8.11. The fourth-order valence-electron chi connectivity index (χ4n) is 4.46. The van der Waals surface area contributed by atoms with E-state index in [0.717, 1.165) is 41.3 Å². The number of carbonyl (C=O) groups is 1. The Labute approximate surface area is 174 Å². The zero-order chi connectivity index (χ0) is 19.8. The first-order chi connectivity index (χ1) is 14.2. The molecule has 3 aliphatic heterocycles. The molecule has 0 radical (unpaired) electrons. The number of ether oxygens (including phenoxy) is 1. The van der Waals surface area contributed by atoms with Crippen molar-refractivity contribution in [1.82, 2.24) is 31.2 Å². The molecule has 3 saturated heterocycles. The smallest absolute Gasteiger partial charge is 0.235 e. The van der Waals surface area contributed by atoms with Gasteiger partial charge in [0.05, 0.1) is 29.6 Å². The summed E-state index contributed by atoms with van der Waals surface area (Å²) in [5.41, 5.74) is 0.950. The summed E-state index contributed by atoms with van der Waals surface area (Å²) in [4.78, 5) is 20.3. The number of nitrogens with zero attached hydrogens (tertiary/aromatic N) is 2. The van der Waals surface area contributed by atoms with E-state index in [2.05, 4.69) is 39.2 Å². The summed E-state index contributed by atoms with van der Waals surface area (Å²) in [5.74, 6) is -0.337. The topological polar surface area (TPSA) is 90.5 Å². The van der Waals surface area contributed by atoms with Gasteiger partial charge < -0.3 is 15.4 Å². The number of amides is 1. The van der Waals surface area contributed by atoms with Crippen LogP contribution in [0.25, 0.3) is 10.2 Å². The Kier molecular flexibility index (Phi) is 5.51. The maximum absolute atomic E-state index is 13.3. The molecule has 156 valence electrons. The Bertz CT molecular complexity index is 837. The minimum atomic E-state index is -0.361. The van der Waals surface area contributed by atoms with Crippen molar-refractivity contribution in [3.05, 3.63) is 29.3 Å². The molecule has 1 aromatic carbocycles. The van der Waals surface area contributed by atoms with E-state index in [4.69, 9.17) is 9.72 Å². The second-order valence-corrected chi connectivity index (χ2v) is 9.17. The fraction of sp³-hybridized carbons (Fsp3) is 0.600. The van der Waals surface area contributed by atoms with Gasteiger partial charge in [0.15, 0.2) is 0 Å². The van der Waals surface area contributed by atoms with E-state index in [1.165, 1.54) is 0 Å². The van der Waals surface area contributed by atoms with Crippen molar-refractivity contribution in [3.8, 4) is 0 Å². The number of para-hydroxylation sites is 1. The lowest BCUT2D eigenvalue weighted by Crippen LogP contribution is -2.71. The highest BCUT2D eigenvalue weighted by molar-refractivity contribution is 7.18. The normalized spacial score (nSPS) is 33.8. The highest BCUT2D eigenvalue weighted by Gasteiger charge is 2.42. The summed E-state index contributed by atoms with van der Waals surface area (Å²) in [6.07, 6.45) is 0.685. The summed E-state index contributed by atoms with van der Waals surface area (Å²) in [6.45, 7) is 6.10. The molecule has 1 aromatic heterocycles. The molecule has 2 aromatic rings. The Balaban J connectivity index is 1.41. The van der Waals surface area contributed by atoms with Crippen LogP contribution in [0.5, 0.6) is 0 Å². The van der Waals surface area contributed by atoms with Crippen LogP contribution in [0.3, 0.4) is 0 Å². The number of benzene rings is 1. The molecule has 29 heavy (non-hydrogen) atoms. The Morgan fingerprint density at radius 1 is 1.28 bits per heavy atom. The Hall–Kier alpha value is -1.62. The van der Waals surface area contributed by atoms with Gasteiger partial charge in [-0.1, -0.05) is 12.1 Å². The first-order valence-electron chi connectivity index (χ1n) is 10.4. The minimum absolute atomic E-state index is 0.0239. The fourth-order valence-corrected chi connectivity index (χ4v) is 5.56. The van der Waals surface area contributed by atoms with Crippen molar-refractivity contribution in [1.29, 1.82) is 0 Å². The highest BCUT2D eigenvalue weighted by Crippen LogP contribution is 2.31. The number of carbonyl (C=O) groups excluding carboxylic acids is 1. The number of fused-ring (bicyclic) bond motifs is 1. The lowest BCUT2D eigenvalue weighted by molar-refractivity contribution is -0.131. The molecular weight excluding hydrogens is 388 g/mol. The number of thiazole rings is 1. The number of hydrogen-bond acceptors (Lipinski definition) is 8. The maximum atomic E-state index is 13.3. The lowest BCUT2D eigenvalue weighted by atomic mass is 10.0. The zero-order valence-electron chi connectivity index (χ0n) is 16.6. The number of aromatic nitrogens is 1. The van der Waals surface area contributed by atoms with E-state index >= 15 is 0 Å². The first-order valence-corrected chi connectivity index (χ1v) is 11.2. The molecule has 0 saturated carbocycles. The molecule has 0 spiro atoms. The average Bonchev–Trinajstić information content (AvgIpc) is 3.34. The molecule has 5 atom stereocenters. The van der Waals surface area contributed by atoms with E-state index in [-0.39, 0.29) is 24.3 Å². The van der Waals surface area contributed by atoms with Gasteiger partial charge >= 0.3 is 0 Å². The van der Waals surface area contributed by atoms with Crippen LogP contribution in [-0.4, -0.2) is 73.2 Å². The summed E-state index contributed by atoms with van der Waals surface area (Å²) in [6, 6.07) is 8.88. The van der Waals surface area contributed by atoms with Crippen molar-refractivity contribution in [2.75, 3.05) is 32.8 Å². The van der Waals surface area contributed by atoms with Crippen LogP contribution in [0.4, 0.5) is 0 Å². The van der Waals surface area contributed by atoms with Gasteiger partial charge in [0, 0.05) is 31.7 Å². The largest absolute Gasteiger partial charge is 0.379 e. The van der Waals surface area contributed by atoms with Gasteiger partial charge in [0.2, 0.25) is 5.91 Å². The van der Waals surface area contributed by atoms with Crippen molar-refractivity contribution < 1.29 is 9.53 Å². The third-order valence-corrected chi connectivity index (χ3v) is 7.11. The molecule has 4 N–H and O–H groups in total. The highest BCUT2D eigenvalue weighted by atomic mass is 32.1. The van der Waals surface area contributed by atoms with E-state index < -0.39 is 0 Å². The Morgan fingerprint density at radius 3 is 2.86 bits per heavy atom. The predicted molar refractivity (Wildman–Crippen MR) is 113 cm³/mol. The minimum Gasteiger partial charge on any atom is -0.379 e. The monoisotopic (exact) mass is 416 g/mol. The number of morpholine rings is 1. The SMILES string of the molecule is C[C@H]1C[C@@H](NC2NC(N3CCOCC3)NC(=O)C2c2nc3ccccc3s2)CN1. The molecule has 5 rings (SSSR count). The van der Waals surface area contributed by atoms with Crippen LogP contribution in [0.1, 0.15) is 24.3 Å². The molecule has 9 heteroatoms. The zero-order valence-corrected chi connectivity index (χ0v) is 17.4. The van der Waals surface area contributed by atoms with Crippen molar-refractivity contribution in [3.63, 3.8) is 0 Å². The van der Waals surface area contributed by atoms with Gasteiger partial charge in [-0.3, -0.25) is 20.3 Å². The molecular formula is C20H28N6O2S. The van der Waals surface area contributed by atoms with E-state index in [1.807, 2.05) is 18.2 Å². The average molecular weight is 417 g/mol. The van der Waals surface area contributed by atoms with Gasteiger partial charge in [0.1, 0.15) is 17.2 Å². The molecule has 8 nitrogen and oxygen atoms in total. The van der Waals surface area contributed by atoms with Crippen LogP contribution < -0.4 is 21.3 Å². The number of hydrogen-bond donors (Lipinski definition) is 4. The van der Waals surface area contributed by atoms with Gasteiger partial charge in [-0.15, -0.1) is 11.3 Å². The van der Waals surface area contributed by atoms with E-state index in [1.54, 1.807) is 11.3 Å². The number of rotatable bonds is 4. The van der Waals surface area contributed by atoms with Crippen LogP contribution in [0, 0.1) is 0 Å². The summed E-state index contributed by atoms with van der Waals surface area (Å²) >= 11 is 1.61. The Morgan fingerprint density at radius 2 is 2.10 bits per heavy atom. The first kappa shape index (κ1) is 19.3. The van der Waals surface area contributed by atoms with Crippen LogP contribution in [0.2, 0.25) is 0 Å². The molecule has 0 aliphatic carbocycles. The summed E-state index contributed by atoms with van der Waals surface area (Å²) in [5, 5.41) is 14.9. The van der Waals surface area contributed by atoms with Crippen LogP contribution >= 0.6 is 11.3 Å². The molecule has 3 aliphatic rings. The number of nitrogens with one attached hydrogen (secondary N) is 4. The molecule has 4 heterocycles. The van der Waals surface area contributed by atoms with Gasteiger partial charge in [-0.05, 0) is 25.5 Å². The lowest BCUT2D eigenvalue weighted by Gasteiger charge is -2.43. The van der Waals surface area contributed by atoms with Gasteiger partial charge in [-0.25, -0.2) is 4.98 Å². The molecule has 3 fully saturated rings. The summed E-state index contributed by atoms with van der Waals surface area (Å²) in [7, 11) is 0. The van der Waals surface area contributed by atoms with Crippen molar-refractivity contribution in [2.45, 2.75) is 43.8 Å². The molecule has 3 unspecified atom stereocenters. The predicted octanol–water partition coefficient (Wildman–Crippen LogP) is 0.381. The standard InChI is InChI=1S/C20H28N6O2S/c1-12-10-13(11-21-12)22-17-16(19-23-14-4-2-3-5-15(14)29-19)18(27)25-20(24-17)26-6-8-28-9-7-26/h2-5,12-13,16-17,20-22,24H,6-11H2,1H3,(H,25,27)/t12-,13+,16?,17?,20?/m0/s1. The van der Waals surface area contributed by atoms with Gasteiger partial charge in [-0.2, -0.15) is 0 Å². The van der Waals surface area contributed by atoms with Crippen LogP contribution in [0.15, 0.2) is 24.3 Å². The van der Waals surface area contributed by atoms with Gasteiger partial charge in [0.25, 0.3) is 0 Å². The molecule has 1 amide bonds. The third-order valence-electron chi connectivity index (χ3n) is 5.99. The van der Waals surface area contributed by atoms with E-state index in [9.17, 15) is 4.79 Å². The van der Waals surface area contributed by atoms with E-state index in [0.29, 0.717) is 25.3 Å². The molecule has 0 bridgehead atoms. The third kappa shape index (κ3) is 4.03. The maximum Gasteiger partial charge on any atom is 0.235 e. The quantitative estimate of drug-likeness (QED) is 0.573. The van der Waals surface area contributed by atoms with Crippen molar-refractivity contribution in [2.24, 2.45) is 0 Å². The summed E-state index contributed by atoms with van der Waals surface area (Å²) < 4.78 is 6.58. The van der Waals surface area contributed by atoms with Crippen molar-refractivity contribution >= 4 is 27.5 Å². The van der Waals surface area contributed by atoms with Crippen LogP contribution in [-0.2, 0) is 9.53 Å². The second kappa shape index (κ2) is 8.25.